The lowest BCUT2D eigenvalue weighted by molar-refractivity contribution is -0.133. The average Bonchev–Trinajstić information content (AvgIpc) is 3.52. The number of piperidine rings is 1. The van der Waals surface area contributed by atoms with Crippen molar-refractivity contribution in [3.05, 3.63) is 50.9 Å². The van der Waals surface area contributed by atoms with Gasteiger partial charge in [0.25, 0.3) is 11.5 Å². The lowest BCUT2D eigenvalue weighted by Crippen LogP contribution is -2.40. The highest BCUT2D eigenvalue weighted by atomic mass is 32.1. The zero-order valence-electron chi connectivity index (χ0n) is 19.0. The van der Waals surface area contributed by atoms with Crippen molar-refractivity contribution < 1.29 is 9.59 Å². The van der Waals surface area contributed by atoms with Gasteiger partial charge in [-0.05, 0) is 43.4 Å². The molecule has 0 radical (unpaired) electrons. The van der Waals surface area contributed by atoms with E-state index in [1.165, 1.54) is 28.7 Å². The highest BCUT2D eigenvalue weighted by Crippen LogP contribution is 2.36. The molecule has 0 bridgehead atoms. The van der Waals surface area contributed by atoms with E-state index in [0.29, 0.717) is 10.6 Å². The number of aromatic nitrogens is 3. The summed E-state index contributed by atoms with van der Waals surface area (Å²) in [5.74, 6) is -0.133. The van der Waals surface area contributed by atoms with E-state index >= 15 is 0 Å². The van der Waals surface area contributed by atoms with E-state index in [9.17, 15) is 14.4 Å². The van der Waals surface area contributed by atoms with Crippen LogP contribution >= 0.6 is 22.7 Å². The van der Waals surface area contributed by atoms with Crippen LogP contribution in [0.1, 0.15) is 41.0 Å². The van der Waals surface area contributed by atoms with E-state index in [0.717, 1.165) is 69.4 Å². The molecule has 0 aromatic carbocycles. The van der Waals surface area contributed by atoms with Crippen LogP contribution < -0.4 is 16.2 Å². The van der Waals surface area contributed by atoms with E-state index < -0.39 is 0 Å². The van der Waals surface area contributed by atoms with Crippen molar-refractivity contribution in [2.75, 3.05) is 32.1 Å². The molecule has 11 heteroatoms. The fraction of sp³-hybridized carbons (Fsp3) is 0.391. The number of thiophene rings is 1. The van der Waals surface area contributed by atoms with Crippen LogP contribution in [-0.4, -0.2) is 58.7 Å². The Labute approximate surface area is 204 Å². The molecular weight excluding hydrogens is 472 g/mol. The number of thiazole rings is 1. The molecule has 1 amide bonds. The first-order valence-electron chi connectivity index (χ1n) is 11.2. The predicted molar refractivity (Wildman–Crippen MR) is 135 cm³/mol. The monoisotopic (exact) mass is 498 g/mol. The summed E-state index contributed by atoms with van der Waals surface area (Å²) in [4.78, 5) is 47.6. The number of H-pyrrole nitrogens is 1. The van der Waals surface area contributed by atoms with Crippen LogP contribution in [0, 0.1) is 5.92 Å². The first-order valence-corrected chi connectivity index (χ1v) is 12.8. The average molecular weight is 499 g/mol. The summed E-state index contributed by atoms with van der Waals surface area (Å²) in [6, 6.07) is 3.26. The number of hydrogen-bond donors (Lipinski definition) is 2. The topological polar surface area (TPSA) is 117 Å². The van der Waals surface area contributed by atoms with E-state index in [-0.39, 0.29) is 23.3 Å². The quantitative estimate of drug-likeness (QED) is 0.571. The number of nitrogens with one attached hydrogen (secondary N) is 1. The summed E-state index contributed by atoms with van der Waals surface area (Å²) in [5.41, 5.74) is 7.82. The molecule has 5 rings (SSSR count). The molecule has 9 nitrogen and oxygen atoms in total. The summed E-state index contributed by atoms with van der Waals surface area (Å²) >= 11 is 2.83. The number of allylic oxidation sites excluding steroid dienone is 4. The minimum Gasteiger partial charge on any atom is -0.402 e. The van der Waals surface area contributed by atoms with Crippen LogP contribution in [0.2, 0.25) is 0 Å². The van der Waals surface area contributed by atoms with Gasteiger partial charge in [-0.25, -0.2) is 4.98 Å². The van der Waals surface area contributed by atoms with Gasteiger partial charge in [0.15, 0.2) is 5.13 Å². The molecule has 1 aliphatic carbocycles. The van der Waals surface area contributed by atoms with Crippen LogP contribution in [0.4, 0.5) is 5.13 Å². The van der Waals surface area contributed by atoms with Gasteiger partial charge in [0.1, 0.15) is 4.83 Å². The molecule has 34 heavy (non-hydrogen) atoms. The maximum Gasteiger partial charge on any atom is 0.289 e. The molecule has 1 fully saturated rings. The number of rotatable bonds is 4. The number of amides is 1. The van der Waals surface area contributed by atoms with Gasteiger partial charge in [0.2, 0.25) is 5.91 Å². The number of nitrogens with zero attached hydrogens (tertiary/aromatic N) is 4. The van der Waals surface area contributed by atoms with Crippen molar-refractivity contribution in [3.63, 3.8) is 0 Å². The molecule has 2 aliphatic rings. The van der Waals surface area contributed by atoms with Crippen molar-refractivity contribution >= 4 is 54.7 Å². The highest BCUT2D eigenvalue weighted by Gasteiger charge is 2.28. The fourth-order valence-electron chi connectivity index (χ4n) is 4.35. The molecule has 178 valence electrons. The lowest BCUT2D eigenvalue weighted by Gasteiger charge is -2.32. The van der Waals surface area contributed by atoms with Gasteiger partial charge in [0.05, 0.1) is 15.3 Å². The van der Waals surface area contributed by atoms with E-state index in [1.807, 2.05) is 18.2 Å². The third kappa shape index (κ3) is 4.21. The third-order valence-electron chi connectivity index (χ3n) is 6.30. The van der Waals surface area contributed by atoms with E-state index in [1.54, 1.807) is 19.0 Å². The van der Waals surface area contributed by atoms with Gasteiger partial charge < -0.3 is 15.5 Å². The fourth-order valence-corrected chi connectivity index (χ4v) is 6.54. The van der Waals surface area contributed by atoms with Crippen molar-refractivity contribution in [1.29, 1.82) is 0 Å². The first-order chi connectivity index (χ1) is 16.3. The maximum atomic E-state index is 13.0. The Morgan fingerprint density at radius 2 is 1.91 bits per heavy atom. The highest BCUT2D eigenvalue weighted by molar-refractivity contribution is 7.29. The van der Waals surface area contributed by atoms with Crippen LogP contribution in [0.15, 0.2) is 34.8 Å². The molecule has 1 aliphatic heterocycles. The molecule has 0 saturated carbocycles. The zero-order chi connectivity index (χ0) is 24.0. The molecule has 3 N–H and O–H groups in total. The number of carbonyl (C=O) groups excluding carboxylic acids is 2. The summed E-state index contributed by atoms with van der Waals surface area (Å²) < 4.78 is 1.98. The lowest BCUT2D eigenvalue weighted by atomic mass is 9.96. The molecular formula is C23H26N6O3S2. The Balaban J connectivity index is 1.31. The number of anilines is 1. The second kappa shape index (κ2) is 8.88. The Morgan fingerprint density at radius 1 is 1.15 bits per heavy atom. The van der Waals surface area contributed by atoms with Gasteiger partial charge in [-0.3, -0.25) is 19.5 Å². The molecule has 3 aromatic heterocycles. The predicted octanol–water partition coefficient (Wildman–Crippen LogP) is 2.86. The van der Waals surface area contributed by atoms with E-state index in [2.05, 4.69) is 10.00 Å². The third-order valence-corrected chi connectivity index (χ3v) is 8.50. The standard InChI is InChI=1S/C23H26N6O3S2/c1-27(2)21(31)14-7-9-28(10-8-14)23-25-20-17(34-23)12-18(33-20)22(32)29-19(30)11-16(26-29)13-3-5-15(24)6-4-13/h3,5,11-12,14,26H,4,6-10,24H2,1-2H3. The zero-order valence-corrected chi connectivity index (χ0v) is 20.7. The van der Waals surface area contributed by atoms with E-state index in [4.69, 9.17) is 10.7 Å². The minimum absolute atomic E-state index is 0.0679. The largest absolute Gasteiger partial charge is 0.402 e. The Morgan fingerprint density at radius 3 is 2.56 bits per heavy atom. The van der Waals surface area contributed by atoms with Crippen LogP contribution in [-0.2, 0) is 4.79 Å². The van der Waals surface area contributed by atoms with Gasteiger partial charge in [-0.1, -0.05) is 17.4 Å². The Kier molecular flexibility index (Phi) is 5.90. The first kappa shape index (κ1) is 22.6. The van der Waals surface area contributed by atoms with Gasteiger partial charge in [-0.15, -0.1) is 11.3 Å². The number of fused-ring (bicyclic) bond motifs is 1. The molecule has 1 saturated heterocycles. The SMILES string of the molecule is CN(C)C(=O)C1CCN(c2nc3sc(C(=O)n4[nH]c(C5=CC=C(N)CC5)cc4=O)cc3s2)CC1. The molecule has 0 unspecified atom stereocenters. The molecule has 3 aromatic rings. The molecule has 0 spiro atoms. The Hall–Kier alpha value is -3.18. The van der Waals surface area contributed by atoms with Crippen molar-refractivity contribution in [1.82, 2.24) is 19.7 Å². The minimum atomic E-state index is -0.387. The number of carbonyl (C=O) groups is 2. The second-order valence-corrected chi connectivity index (χ2v) is 10.9. The van der Waals surface area contributed by atoms with Gasteiger partial charge >= 0.3 is 0 Å². The number of hydrogen-bond acceptors (Lipinski definition) is 8. The van der Waals surface area contributed by atoms with Crippen LogP contribution in [0.3, 0.4) is 0 Å². The van der Waals surface area contributed by atoms with Crippen molar-refractivity contribution in [2.24, 2.45) is 11.7 Å². The summed E-state index contributed by atoms with van der Waals surface area (Å²) in [5, 5.41) is 3.86. The Bertz CT molecular complexity index is 1350. The van der Waals surface area contributed by atoms with Gasteiger partial charge in [-0.2, -0.15) is 4.68 Å². The summed E-state index contributed by atoms with van der Waals surface area (Å²) in [6.07, 6.45) is 6.78. The smallest absolute Gasteiger partial charge is 0.289 e. The normalized spacial score (nSPS) is 17.1. The van der Waals surface area contributed by atoms with Crippen LogP contribution in [0.5, 0.6) is 0 Å². The van der Waals surface area contributed by atoms with Gasteiger partial charge in [0, 0.05) is 44.9 Å². The maximum absolute atomic E-state index is 13.0. The van der Waals surface area contributed by atoms with Crippen LogP contribution in [0.25, 0.3) is 15.1 Å². The van der Waals surface area contributed by atoms with Crippen molar-refractivity contribution in [3.8, 4) is 0 Å². The molecule has 4 heterocycles. The van der Waals surface area contributed by atoms with Crippen molar-refractivity contribution in [2.45, 2.75) is 25.7 Å². The molecule has 0 atom stereocenters. The summed E-state index contributed by atoms with van der Waals surface area (Å²) in [6.45, 7) is 1.57. The number of aromatic amines is 1. The summed E-state index contributed by atoms with van der Waals surface area (Å²) in [7, 11) is 3.59. The number of nitrogens with two attached hydrogens (primary N) is 1. The second-order valence-electron chi connectivity index (χ2n) is 8.85.